The van der Waals surface area contributed by atoms with Gasteiger partial charge in [0.05, 0.1) is 21.3 Å². The van der Waals surface area contributed by atoms with Crippen LogP contribution in [0.4, 0.5) is 24.7 Å². The van der Waals surface area contributed by atoms with Gasteiger partial charge in [0.1, 0.15) is 5.82 Å². The summed E-state index contributed by atoms with van der Waals surface area (Å²) in [5.41, 5.74) is -0.290. The number of carbonyl (C=O) groups excluding carboxylic acids is 1. The maximum atomic E-state index is 12.7. The number of nitrogens with zero attached hydrogens (tertiary/aromatic N) is 3. The van der Waals surface area contributed by atoms with Crippen LogP contribution < -0.4 is 10.2 Å². The topological polar surface area (TPSA) is 48.5 Å². The first-order valence-electron chi connectivity index (χ1n) is 8.98. The molecule has 1 aromatic heterocycles. The fourth-order valence-corrected chi connectivity index (χ4v) is 3.51. The van der Waals surface area contributed by atoms with Gasteiger partial charge < -0.3 is 10.2 Å². The second-order valence-corrected chi connectivity index (χ2v) is 7.45. The number of aromatic nitrogens is 1. The molecule has 0 bridgehead atoms. The van der Waals surface area contributed by atoms with Crippen molar-refractivity contribution in [3.05, 3.63) is 52.1 Å². The van der Waals surface area contributed by atoms with Crippen LogP contribution in [-0.2, 0) is 11.0 Å². The van der Waals surface area contributed by atoms with Crippen LogP contribution in [0, 0.1) is 0 Å². The predicted octanol–water partition coefficient (Wildman–Crippen LogP) is 4.56. The predicted molar refractivity (Wildman–Crippen MR) is 108 cm³/mol. The fourth-order valence-electron chi connectivity index (χ4n) is 3.04. The first kappa shape index (κ1) is 21.7. The van der Waals surface area contributed by atoms with Crippen LogP contribution in [0.2, 0.25) is 10.0 Å². The van der Waals surface area contributed by atoms with E-state index in [1.54, 1.807) is 24.3 Å². The number of nitrogens with one attached hydrogen (secondary N) is 1. The van der Waals surface area contributed by atoms with Crippen LogP contribution in [0.25, 0.3) is 0 Å². The molecule has 0 radical (unpaired) electrons. The van der Waals surface area contributed by atoms with E-state index in [0.717, 1.165) is 12.3 Å². The molecule has 1 amide bonds. The highest BCUT2D eigenvalue weighted by Crippen LogP contribution is 2.33. The van der Waals surface area contributed by atoms with Crippen molar-refractivity contribution in [2.75, 3.05) is 42.9 Å². The van der Waals surface area contributed by atoms with Crippen molar-refractivity contribution in [1.29, 1.82) is 0 Å². The molecule has 1 saturated heterocycles. The molecule has 1 aromatic carbocycles. The molecule has 5 nitrogen and oxygen atoms in total. The summed E-state index contributed by atoms with van der Waals surface area (Å²) in [5, 5.41) is 3.24. The van der Waals surface area contributed by atoms with Crippen molar-refractivity contribution in [1.82, 2.24) is 9.88 Å². The number of pyridine rings is 1. The van der Waals surface area contributed by atoms with E-state index in [4.69, 9.17) is 23.2 Å². The van der Waals surface area contributed by atoms with E-state index in [-0.39, 0.29) is 10.9 Å². The number of amides is 1. The van der Waals surface area contributed by atoms with E-state index >= 15 is 0 Å². The van der Waals surface area contributed by atoms with Crippen molar-refractivity contribution in [2.24, 2.45) is 0 Å². The SMILES string of the molecule is O=C(CCN1CCN(c2ncc(C(F)(F)F)cc2Cl)CC1)Nc1ccccc1Cl. The van der Waals surface area contributed by atoms with Gasteiger partial charge in [-0.2, -0.15) is 13.2 Å². The molecule has 1 N–H and O–H groups in total. The van der Waals surface area contributed by atoms with Gasteiger partial charge in [0.25, 0.3) is 0 Å². The molecule has 0 aliphatic carbocycles. The highest BCUT2D eigenvalue weighted by Gasteiger charge is 2.32. The van der Waals surface area contributed by atoms with Crippen molar-refractivity contribution in [3.8, 4) is 0 Å². The number of benzene rings is 1. The molecular formula is C19H19Cl2F3N4O. The van der Waals surface area contributed by atoms with Gasteiger partial charge in [-0.3, -0.25) is 9.69 Å². The number of hydrogen-bond acceptors (Lipinski definition) is 4. The molecule has 0 spiro atoms. The molecule has 0 unspecified atom stereocenters. The van der Waals surface area contributed by atoms with Crippen molar-refractivity contribution in [3.63, 3.8) is 0 Å². The molecule has 1 aliphatic heterocycles. The zero-order valence-electron chi connectivity index (χ0n) is 15.3. The number of hydrogen-bond donors (Lipinski definition) is 1. The molecule has 2 heterocycles. The lowest BCUT2D eigenvalue weighted by Gasteiger charge is -2.35. The summed E-state index contributed by atoms with van der Waals surface area (Å²) in [6.45, 7) is 2.99. The van der Waals surface area contributed by atoms with Crippen molar-refractivity contribution >= 4 is 40.6 Å². The van der Waals surface area contributed by atoms with Crippen LogP contribution in [0.15, 0.2) is 36.5 Å². The molecule has 1 aliphatic rings. The Morgan fingerprint density at radius 2 is 1.79 bits per heavy atom. The van der Waals surface area contributed by atoms with E-state index < -0.39 is 11.7 Å². The smallest absolute Gasteiger partial charge is 0.353 e. The number of halogens is 5. The second-order valence-electron chi connectivity index (χ2n) is 6.63. The first-order valence-corrected chi connectivity index (χ1v) is 9.74. The summed E-state index contributed by atoms with van der Waals surface area (Å²) in [7, 11) is 0. The Morgan fingerprint density at radius 1 is 1.10 bits per heavy atom. The minimum atomic E-state index is -4.47. The summed E-state index contributed by atoms with van der Waals surface area (Å²) in [5.74, 6) is 0.212. The molecule has 3 rings (SSSR count). The van der Waals surface area contributed by atoms with Gasteiger partial charge in [-0.15, -0.1) is 0 Å². The van der Waals surface area contributed by atoms with Gasteiger partial charge in [-0.05, 0) is 18.2 Å². The molecule has 2 aromatic rings. The quantitative estimate of drug-likeness (QED) is 0.731. The number of anilines is 2. The van der Waals surface area contributed by atoms with E-state index in [1.165, 1.54) is 0 Å². The summed E-state index contributed by atoms with van der Waals surface area (Å²) >= 11 is 12.0. The highest BCUT2D eigenvalue weighted by molar-refractivity contribution is 6.33. The van der Waals surface area contributed by atoms with Gasteiger partial charge >= 0.3 is 6.18 Å². The van der Waals surface area contributed by atoms with Crippen molar-refractivity contribution < 1.29 is 18.0 Å². The summed E-state index contributed by atoms with van der Waals surface area (Å²) in [6.07, 6.45) is -3.37. The number of carbonyl (C=O) groups is 1. The molecule has 29 heavy (non-hydrogen) atoms. The average molecular weight is 447 g/mol. The largest absolute Gasteiger partial charge is 0.417 e. The molecule has 0 atom stereocenters. The van der Waals surface area contributed by atoms with Crippen molar-refractivity contribution in [2.45, 2.75) is 12.6 Å². The normalized spacial score (nSPS) is 15.4. The third-order valence-electron chi connectivity index (χ3n) is 4.62. The average Bonchev–Trinajstić information content (AvgIpc) is 2.68. The first-order chi connectivity index (χ1) is 13.7. The summed E-state index contributed by atoms with van der Waals surface area (Å²) in [4.78, 5) is 20.0. The maximum absolute atomic E-state index is 12.7. The zero-order valence-corrected chi connectivity index (χ0v) is 16.9. The van der Waals surface area contributed by atoms with Crippen LogP contribution >= 0.6 is 23.2 Å². The number of piperazine rings is 1. The highest BCUT2D eigenvalue weighted by atomic mass is 35.5. The van der Waals surface area contributed by atoms with Crippen LogP contribution in [0.3, 0.4) is 0 Å². The van der Waals surface area contributed by atoms with Gasteiger partial charge in [-0.25, -0.2) is 4.98 Å². The van der Waals surface area contributed by atoms with E-state index in [2.05, 4.69) is 15.2 Å². The number of para-hydroxylation sites is 1. The zero-order chi connectivity index (χ0) is 21.0. The Balaban J connectivity index is 1.48. The molecule has 10 heteroatoms. The Labute approximate surface area is 176 Å². The molecular weight excluding hydrogens is 428 g/mol. The van der Waals surface area contributed by atoms with Crippen LogP contribution in [0.1, 0.15) is 12.0 Å². The van der Waals surface area contributed by atoms with E-state index in [0.29, 0.717) is 55.7 Å². The molecule has 0 saturated carbocycles. The lowest BCUT2D eigenvalue weighted by atomic mass is 10.2. The molecule has 1 fully saturated rings. The van der Waals surface area contributed by atoms with Gasteiger partial charge in [-0.1, -0.05) is 35.3 Å². The Kier molecular flexibility index (Phi) is 6.87. The van der Waals surface area contributed by atoms with Gasteiger partial charge in [0, 0.05) is 45.3 Å². The third kappa shape index (κ3) is 5.74. The van der Waals surface area contributed by atoms with E-state index in [1.807, 2.05) is 4.90 Å². The third-order valence-corrected chi connectivity index (χ3v) is 5.23. The summed E-state index contributed by atoms with van der Waals surface area (Å²) in [6, 6.07) is 7.92. The van der Waals surface area contributed by atoms with Crippen LogP contribution in [-0.4, -0.2) is 48.5 Å². The fraction of sp³-hybridized carbons (Fsp3) is 0.368. The number of rotatable bonds is 5. The molecule has 156 valence electrons. The van der Waals surface area contributed by atoms with Crippen LogP contribution in [0.5, 0.6) is 0 Å². The Bertz CT molecular complexity index is 871. The van der Waals surface area contributed by atoms with E-state index in [9.17, 15) is 18.0 Å². The lowest BCUT2D eigenvalue weighted by molar-refractivity contribution is -0.137. The van der Waals surface area contributed by atoms with Gasteiger partial charge in [0.2, 0.25) is 5.91 Å². The summed E-state index contributed by atoms with van der Waals surface area (Å²) < 4.78 is 38.2. The Morgan fingerprint density at radius 3 is 2.41 bits per heavy atom. The minimum absolute atomic E-state index is 0.0209. The Hall–Kier alpha value is -2.03. The standard InChI is InChI=1S/C19H19Cl2F3N4O/c20-14-3-1-2-4-16(14)26-17(29)5-6-27-7-9-28(10-8-27)18-15(21)11-13(12-25-18)19(22,23)24/h1-4,11-12H,5-10H2,(H,26,29). The lowest BCUT2D eigenvalue weighted by Crippen LogP contribution is -2.47. The van der Waals surface area contributed by atoms with Gasteiger partial charge in [0.15, 0.2) is 0 Å². The number of alkyl halides is 3. The second kappa shape index (κ2) is 9.19. The monoisotopic (exact) mass is 446 g/mol. The minimum Gasteiger partial charge on any atom is -0.353 e. The maximum Gasteiger partial charge on any atom is 0.417 e.